The minimum atomic E-state index is -1.11. The van der Waals surface area contributed by atoms with Crippen LogP contribution in [0.5, 0.6) is 0 Å². The molecule has 2 heterocycles. The molecule has 3 aliphatic rings. The molecule has 46 heavy (non-hydrogen) atoms. The number of amides is 4. The summed E-state index contributed by atoms with van der Waals surface area (Å²) in [5.41, 5.74) is 12.8. The van der Waals surface area contributed by atoms with Crippen LogP contribution >= 0.6 is 24.8 Å². The highest BCUT2D eigenvalue weighted by molar-refractivity contribution is 5.93. The van der Waals surface area contributed by atoms with Gasteiger partial charge in [0.15, 0.2) is 5.96 Å². The summed E-state index contributed by atoms with van der Waals surface area (Å²) in [5.74, 6) is -1.23. The molecule has 1 aromatic rings. The minimum Gasteiger partial charge on any atom is -0.370 e. The van der Waals surface area contributed by atoms with Crippen LogP contribution < -0.4 is 38.1 Å². The number of likely N-dealkylation sites (tertiary alicyclic amines) is 1. The number of halogens is 2. The van der Waals surface area contributed by atoms with Gasteiger partial charge in [0, 0.05) is 58.4 Å². The van der Waals surface area contributed by atoms with Crippen molar-refractivity contribution in [2.24, 2.45) is 17.4 Å². The molecule has 0 spiro atoms. The van der Waals surface area contributed by atoms with Crippen molar-refractivity contribution in [3.63, 3.8) is 0 Å². The molecule has 4 rings (SSSR count). The number of hydrogen-bond donors (Lipinski definition) is 8. The largest absolute Gasteiger partial charge is 0.370 e. The molecule has 0 bridgehead atoms. The number of piperazine rings is 1. The van der Waals surface area contributed by atoms with Gasteiger partial charge in [-0.2, -0.15) is 0 Å². The number of hydrogen-bond acceptors (Lipinski definition) is 8. The van der Waals surface area contributed by atoms with Gasteiger partial charge in [-0.1, -0.05) is 30.3 Å². The maximum Gasteiger partial charge on any atom is 0.245 e. The number of nitrogens with zero attached hydrogens (tertiary/aromatic N) is 2. The lowest BCUT2D eigenvalue weighted by Crippen LogP contribution is -2.57. The first-order valence-corrected chi connectivity index (χ1v) is 15.7. The quantitative estimate of drug-likeness (QED) is 0.0860. The van der Waals surface area contributed by atoms with Crippen molar-refractivity contribution in [2.45, 2.75) is 62.7 Å². The molecule has 16 heteroatoms. The molecule has 0 aromatic heterocycles. The summed E-state index contributed by atoms with van der Waals surface area (Å²) in [6, 6.07) is 7.03. The maximum atomic E-state index is 13.9. The van der Waals surface area contributed by atoms with Gasteiger partial charge in [0.2, 0.25) is 23.6 Å². The van der Waals surface area contributed by atoms with Gasteiger partial charge in [0.05, 0.1) is 18.5 Å². The number of nitrogens with one attached hydrogen (secondary N) is 6. The monoisotopic (exact) mass is 684 g/mol. The van der Waals surface area contributed by atoms with Gasteiger partial charge in [-0.25, -0.2) is 0 Å². The van der Waals surface area contributed by atoms with Gasteiger partial charge in [0.25, 0.3) is 0 Å². The van der Waals surface area contributed by atoms with Crippen molar-refractivity contribution in [1.82, 2.24) is 36.4 Å². The highest BCUT2D eigenvalue weighted by Crippen LogP contribution is 2.27. The SMILES string of the molecule is Cl.Cl.N=C(N)N1CCC[C@@H](CNC(=O)C[C@H](NC(=O)[C@H](N)Cc2ccccc2)C(=O)N(CCNC(=O)C2CNCCN2)C2CC2)C1. The van der Waals surface area contributed by atoms with Gasteiger partial charge in [0.1, 0.15) is 6.04 Å². The Bertz CT molecular complexity index is 1150. The maximum absolute atomic E-state index is 13.9. The molecule has 3 fully saturated rings. The van der Waals surface area contributed by atoms with Crippen LogP contribution in [-0.4, -0.2) is 116 Å². The zero-order valence-electron chi connectivity index (χ0n) is 26.2. The Balaban J connectivity index is 0.00000368. The second-order valence-electron chi connectivity index (χ2n) is 12.0. The van der Waals surface area contributed by atoms with E-state index >= 15 is 0 Å². The molecule has 4 atom stereocenters. The summed E-state index contributed by atoms with van der Waals surface area (Å²) in [4.78, 5) is 56.2. The number of piperidine rings is 1. The highest BCUT2D eigenvalue weighted by atomic mass is 35.5. The van der Waals surface area contributed by atoms with Crippen LogP contribution in [0.4, 0.5) is 0 Å². The topological polar surface area (TPSA) is 211 Å². The zero-order valence-corrected chi connectivity index (χ0v) is 27.8. The Hall–Kier alpha value is -3.17. The Morgan fingerprint density at radius 1 is 1.07 bits per heavy atom. The fourth-order valence-corrected chi connectivity index (χ4v) is 5.73. The zero-order chi connectivity index (χ0) is 31.5. The van der Waals surface area contributed by atoms with Crippen LogP contribution in [-0.2, 0) is 25.6 Å². The highest BCUT2D eigenvalue weighted by Gasteiger charge is 2.38. The number of carbonyl (C=O) groups is 4. The van der Waals surface area contributed by atoms with E-state index in [1.165, 1.54) is 0 Å². The molecule has 2 saturated heterocycles. The third kappa shape index (κ3) is 12.2. The first kappa shape index (κ1) is 39.0. The molecule has 2 aliphatic heterocycles. The summed E-state index contributed by atoms with van der Waals surface area (Å²) >= 11 is 0. The summed E-state index contributed by atoms with van der Waals surface area (Å²) in [5, 5.41) is 22.6. The molecule has 0 radical (unpaired) electrons. The lowest BCUT2D eigenvalue weighted by molar-refractivity contribution is -0.139. The molecular weight excluding hydrogens is 635 g/mol. The molecule has 1 aromatic carbocycles. The Morgan fingerprint density at radius 2 is 1.80 bits per heavy atom. The standard InChI is InChI=1S/C30H48N10O4.2ClH/c31-23(15-20-5-2-1-3-6-20)27(42)38-24(16-26(41)37-17-21-7-4-13-39(19-21)30(32)33)29(44)40(22-8-9-22)14-12-36-28(43)25-18-34-10-11-35-25;;/h1-3,5-6,21-25,34-35H,4,7-19,31H2,(H3,32,33)(H,36,43)(H,37,41)(H,38,42);2*1H/t21-,23+,24-,25?;;/m0../s1. The van der Waals surface area contributed by atoms with Crippen LogP contribution in [0.25, 0.3) is 0 Å². The van der Waals surface area contributed by atoms with Crippen molar-refractivity contribution in [2.75, 3.05) is 52.4 Å². The predicted octanol–water partition coefficient (Wildman–Crippen LogP) is -1.33. The fourth-order valence-electron chi connectivity index (χ4n) is 5.73. The van der Waals surface area contributed by atoms with Gasteiger partial charge >= 0.3 is 0 Å². The Kier molecular flexibility index (Phi) is 16.5. The number of guanidine groups is 1. The van der Waals surface area contributed by atoms with Crippen LogP contribution in [0, 0.1) is 11.3 Å². The number of carbonyl (C=O) groups excluding carboxylic acids is 4. The van der Waals surface area contributed by atoms with E-state index < -0.39 is 18.0 Å². The first-order chi connectivity index (χ1) is 21.2. The van der Waals surface area contributed by atoms with E-state index in [1.54, 1.807) is 9.80 Å². The van der Waals surface area contributed by atoms with Crippen molar-refractivity contribution in [3.8, 4) is 0 Å². The van der Waals surface area contributed by atoms with Crippen molar-refractivity contribution in [1.29, 1.82) is 5.41 Å². The van der Waals surface area contributed by atoms with Gasteiger partial charge in [-0.3, -0.25) is 24.6 Å². The van der Waals surface area contributed by atoms with Crippen molar-refractivity contribution >= 4 is 54.4 Å². The van der Waals surface area contributed by atoms with Crippen LogP contribution in [0.15, 0.2) is 30.3 Å². The smallest absolute Gasteiger partial charge is 0.245 e. The van der Waals surface area contributed by atoms with E-state index in [0.717, 1.165) is 44.3 Å². The Morgan fingerprint density at radius 3 is 2.46 bits per heavy atom. The van der Waals surface area contributed by atoms with Crippen LogP contribution in [0.1, 0.15) is 37.7 Å². The molecule has 258 valence electrons. The van der Waals surface area contributed by atoms with E-state index in [2.05, 4.69) is 26.6 Å². The second kappa shape index (κ2) is 19.5. The second-order valence-corrected chi connectivity index (χ2v) is 12.0. The molecular formula is C30H50Cl2N10O4. The first-order valence-electron chi connectivity index (χ1n) is 15.7. The summed E-state index contributed by atoms with van der Waals surface area (Å²) in [6.45, 7) is 4.26. The average molecular weight is 686 g/mol. The number of rotatable bonds is 14. The third-order valence-electron chi connectivity index (χ3n) is 8.37. The molecule has 1 unspecified atom stereocenters. The summed E-state index contributed by atoms with van der Waals surface area (Å²) < 4.78 is 0. The lowest BCUT2D eigenvalue weighted by Gasteiger charge is -2.33. The third-order valence-corrected chi connectivity index (χ3v) is 8.37. The molecule has 4 amide bonds. The molecule has 10 N–H and O–H groups in total. The number of benzene rings is 1. The van der Waals surface area contributed by atoms with E-state index in [0.29, 0.717) is 26.2 Å². The van der Waals surface area contributed by atoms with Crippen LogP contribution in [0.2, 0.25) is 0 Å². The molecule has 1 saturated carbocycles. The van der Waals surface area contributed by atoms with Crippen molar-refractivity contribution < 1.29 is 19.2 Å². The fraction of sp³-hybridized carbons (Fsp3) is 0.633. The summed E-state index contributed by atoms with van der Waals surface area (Å²) in [7, 11) is 0. The predicted molar refractivity (Wildman–Crippen MR) is 181 cm³/mol. The molecule has 14 nitrogen and oxygen atoms in total. The van der Waals surface area contributed by atoms with Gasteiger partial charge in [-0.05, 0) is 43.6 Å². The Labute approximate surface area is 283 Å². The van der Waals surface area contributed by atoms with Gasteiger partial charge < -0.3 is 47.9 Å². The van der Waals surface area contributed by atoms with E-state index in [1.807, 2.05) is 30.3 Å². The molecule has 1 aliphatic carbocycles. The lowest BCUT2D eigenvalue weighted by atomic mass is 9.98. The number of nitrogens with two attached hydrogens (primary N) is 2. The minimum absolute atomic E-state index is 0. The van der Waals surface area contributed by atoms with E-state index in [-0.39, 0.29) is 92.4 Å². The van der Waals surface area contributed by atoms with E-state index in [9.17, 15) is 19.2 Å². The van der Waals surface area contributed by atoms with Crippen LogP contribution in [0.3, 0.4) is 0 Å². The average Bonchev–Trinajstić information content (AvgIpc) is 3.88. The van der Waals surface area contributed by atoms with Gasteiger partial charge in [-0.15, -0.1) is 24.8 Å². The van der Waals surface area contributed by atoms with Crippen molar-refractivity contribution in [3.05, 3.63) is 35.9 Å². The summed E-state index contributed by atoms with van der Waals surface area (Å²) in [6.07, 6.45) is 3.46. The normalized spacial score (nSPS) is 20.5. The van der Waals surface area contributed by atoms with E-state index in [4.69, 9.17) is 16.9 Å².